The first kappa shape index (κ1) is 36.2. The largest absolute Gasteiger partial charge is 0.463 e. The maximum atomic E-state index is 12.8. The summed E-state index contributed by atoms with van der Waals surface area (Å²) in [6.07, 6.45) is -8.12. The number of aliphatic hydroxyl groups is 3. The Labute approximate surface area is 259 Å². The van der Waals surface area contributed by atoms with E-state index in [0.29, 0.717) is 12.0 Å². The molecule has 11 atom stereocenters. The first-order chi connectivity index (χ1) is 21.1. The zero-order chi connectivity index (χ0) is 33.6. The van der Waals surface area contributed by atoms with Gasteiger partial charge in [0.15, 0.2) is 18.5 Å². The van der Waals surface area contributed by atoms with Crippen LogP contribution in [0.5, 0.6) is 0 Å². The highest BCUT2D eigenvalue weighted by Gasteiger charge is 2.63. The standard InChI is InChI=1S/C29H42O16/c1-7-13(2)26(36)45-27-22-19(8-21(41-15(4)32)29(22,37)12-40-14(3)31)18(10-38-27)11-39-28-25(43-17(6)34)24(42-16(5)33)23(35)20(9-30)44-28/h10,13,19-25,27-28,30,35,37H,7-9,11-12H2,1-6H3/t13?,19?,20-,21+,22?,23-,24+,25-,27+,28-,29-/m1/s1. The second-order valence-electron chi connectivity index (χ2n) is 11.4. The lowest BCUT2D eigenvalue weighted by molar-refractivity contribution is -0.304. The molecule has 3 unspecified atom stereocenters. The quantitative estimate of drug-likeness (QED) is 0.182. The van der Waals surface area contributed by atoms with Gasteiger partial charge in [0.25, 0.3) is 0 Å². The number of hydrogen-bond acceptors (Lipinski definition) is 16. The first-order valence-corrected chi connectivity index (χ1v) is 14.6. The lowest BCUT2D eigenvalue weighted by Crippen LogP contribution is -2.61. The number of carbonyl (C=O) groups is 5. The second-order valence-corrected chi connectivity index (χ2v) is 11.4. The van der Waals surface area contributed by atoms with Crippen LogP contribution in [0.25, 0.3) is 0 Å². The van der Waals surface area contributed by atoms with Gasteiger partial charge in [-0.1, -0.05) is 13.8 Å². The lowest BCUT2D eigenvalue weighted by Gasteiger charge is -2.43. The van der Waals surface area contributed by atoms with Crippen molar-refractivity contribution < 1.29 is 77.2 Å². The van der Waals surface area contributed by atoms with E-state index < -0.39 is 110 Å². The third-order valence-electron chi connectivity index (χ3n) is 8.04. The molecule has 0 aromatic heterocycles. The van der Waals surface area contributed by atoms with E-state index in [1.165, 1.54) is 6.26 Å². The Bertz CT molecular complexity index is 1140. The molecular weight excluding hydrogens is 604 g/mol. The average Bonchev–Trinajstić information content (AvgIpc) is 3.25. The van der Waals surface area contributed by atoms with Gasteiger partial charge in [-0.2, -0.15) is 0 Å². The molecule has 1 saturated carbocycles. The molecule has 3 N–H and O–H groups in total. The predicted molar refractivity (Wildman–Crippen MR) is 146 cm³/mol. The summed E-state index contributed by atoms with van der Waals surface area (Å²) in [5, 5.41) is 32.4. The van der Waals surface area contributed by atoms with Crippen molar-refractivity contribution in [3.63, 3.8) is 0 Å². The Morgan fingerprint density at radius 1 is 0.956 bits per heavy atom. The Kier molecular flexibility index (Phi) is 12.3. The van der Waals surface area contributed by atoms with E-state index >= 15 is 0 Å². The molecule has 3 aliphatic rings. The average molecular weight is 647 g/mol. The van der Waals surface area contributed by atoms with Gasteiger partial charge in [0.1, 0.15) is 30.5 Å². The highest BCUT2D eigenvalue weighted by molar-refractivity contribution is 5.72. The molecule has 0 bridgehead atoms. The zero-order valence-corrected chi connectivity index (χ0v) is 26.0. The SMILES string of the molecule is CCC(C)C(=O)O[C@@H]1OC=C(CO[C@@H]2O[C@H](CO)[C@@H](O)[C@H](OC(C)=O)[C@H]2OC(C)=O)C2C[C@H](OC(C)=O)[C@](O)(COC(C)=O)C21. The third kappa shape index (κ3) is 8.49. The van der Waals surface area contributed by atoms with Crippen LogP contribution in [0.2, 0.25) is 0 Å². The molecule has 0 spiro atoms. The Morgan fingerprint density at radius 3 is 2.13 bits per heavy atom. The van der Waals surface area contributed by atoms with E-state index in [2.05, 4.69) is 0 Å². The van der Waals surface area contributed by atoms with Crippen LogP contribution >= 0.6 is 0 Å². The van der Waals surface area contributed by atoms with Gasteiger partial charge in [0, 0.05) is 33.6 Å². The van der Waals surface area contributed by atoms with Crippen molar-refractivity contribution in [3.8, 4) is 0 Å². The van der Waals surface area contributed by atoms with Crippen LogP contribution in [0.4, 0.5) is 0 Å². The molecule has 0 aromatic rings. The summed E-state index contributed by atoms with van der Waals surface area (Å²) < 4.78 is 44.1. The van der Waals surface area contributed by atoms with E-state index in [-0.39, 0.29) is 13.0 Å². The van der Waals surface area contributed by atoms with Crippen molar-refractivity contribution in [3.05, 3.63) is 11.8 Å². The summed E-state index contributed by atoms with van der Waals surface area (Å²) in [7, 11) is 0. The van der Waals surface area contributed by atoms with Crippen molar-refractivity contribution in [2.24, 2.45) is 17.8 Å². The number of rotatable bonds is 12. The Hall–Kier alpha value is -3.31. The fraction of sp³-hybridized carbons (Fsp3) is 0.759. The van der Waals surface area contributed by atoms with Crippen molar-refractivity contribution in [1.82, 2.24) is 0 Å². The minimum absolute atomic E-state index is 0.0229. The van der Waals surface area contributed by atoms with Gasteiger partial charge in [-0.15, -0.1) is 0 Å². The fourth-order valence-corrected chi connectivity index (χ4v) is 5.67. The first-order valence-electron chi connectivity index (χ1n) is 14.6. The van der Waals surface area contributed by atoms with Crippen LogP contribution in [0, 0.1) is 17.8 Å². The third-order valence-corrected chi connectivity index (χ3v) is 8.04. The summed E-state index contributed by atoms with van der Waals surface area (Å²) in [4.78, 5) is 60.2. The van der Waals surface area contributed by atoms with Gasteiger partial charge in [0.2, 0.25) is 6.29 Å². The van der Waals surface area contributed by atoms with E-state index in [4.69, 9.17) is 37.9 Å². The summed E-state index contributed by atoms with van der Waals surface area (Å²) in [6.45, 7) is 6.25. The van der Waals surface area contributed by atoms with E-state index in [0.717, 1.165) is 27.7 Å². The minimum Gasteiger partial charge on any atom is -0.463 e. The zero-order valence-electron chi connectivity index (χ0n) is 26.0. The molecule has 1 saturated heterocycles. The Balaban J connectivity index is 1.96. The van der Waals surface area contributed by atoms with Crippen molar-refractivity contribution in [2.75, 3.05) is 19.8 Å². The lowest BCUT2D eigenvalue weighted by atomic mass is 9.80. The summed E-state index contributed by atoms with van der Waals surface area (Å²) in [5.41, 5.74) is -1.71. The number of fused-ring (bicyclic) bond motifs is 1. The van der Waals surface area contributed by atoms with Crippen LogP contribution in [0.3, 0.4) is 0 Å². The minimum atomic E-state index is -2.06. The molecule has 16 nitrogen and oxygen atoms in total. The normalized spacial score (nSPS) is 34.7. The molecule has 2 fully saturated rings. The smallest absolute Gasteiger partial charge is 0.311 e. The van der Waals surface area contributed by atoms with E-state index in [9.17, 15) is 39.3 Å². The number of hydrogen-bond donors (Lipinski definition) is 3. The number of ether oxygens (including phenoxy) is 8. The number of carbonyl (C=O) groups excluding carboxylic acids is 5. The van der Waals surface area contributed by atoms with Crippen LogP contribution in [-0.4, -0.2) is 114 Å². The van der Waals surface area contributed by atoms with Gasteiger partial charge >= 0.3 is 29.8 Å². The van der Waals surface area contributed by atoms with Crippen LogP contribution in [-0.2, 0) is 61.9 Å². The van der Waals surface area contributed by atoms with Gasteiger partial charge in [-0.25, -0.2) is 0 Å². The molecule has 45 heavy (non-hydrogen) atoms. The van der Waals surface area contributed by atoms with E-state index in [1.54, 1.807) is 13.8 Å². The number of esters is 5. The summed E-state index contributed by atoms with van der Waals surface area (Å²) in [6, 6.07) is 0. The fourth-order valence-electron chi connectivity index (χ4n) is 5.67. The molecule has 2 heterocycles. The van der Waals surface area contributed by atoms with E-state index in [1.807, 2.05) is 0 Å². The molecule has 3 rings (SSSR count). The molecule has 2 aliphatic heterocycles. The molecular formula is C29H42O16. The molecule has 254 valence electrons. The summed E-state index contributed by atoms with van der Waals surface area (Å²) >= 11 is 0. The van der Waals surface area contributed by atoms with Gasteiger partial charge in [-0.05, 0) is 18.4 Å². The monoisotopic (exact) mass is 646 g/mol. The Morgan fingerprint density at radius 2 is 1.58 bits per heavy atom. The van der Waals surface area contributed by atoms with Crippen molar-refractivity contribution in [2.45, 2.75) is 103 Å². The molecule has 0 radical (unpaired) electrons. The van der Waals surface area contributed by atoms with Crippen molar-refractivity contribution >= 4 is 29.8 Å². The van der Waals surface area contributed by atoms with Crippen LogP contribution < -0.4 is 0 Å². The highest BCUT2D eigenvalue weighted by atomic mass is 16.7. The number of aliphatic hydroxyl groups excluding tert-OH is 2. The maximum absolute atomic E-state index is 12.8. The molecule has 0 aromatic carbocycles. The van der Waals surface area contributed by atoms with Crippen LogP contribution in [0.1, 0.15) is 54.4 Å². The molecule has 0 amide bonds. The van der Waals surface area contributed by atoms with Gasteiger partial charge < -0.3 is 53.2 Å². The second kappa shape index (κ2) is 15.3. The van der Waals surface area contributed by atoms with Gasteiger partial charge in [0.05, 0.1) is 31.3 Å². The van der Waals surface area contributed by atoms with Crippen LogP contribution in [0.15, 0.2) is 11.8 Å². The predicted octanol–water partition coefficient (Wildman–Crippen LogP) is -0.364. The van der Waals surface area contributed by atoms with Gasteiger partial charge in [-0.3, -0.25) is 24.0 Å². The maximum Gasteiger partial charge on any atom is 0.311 e. The van der Waals surface area contributed by atoms with Crippen molar-refractivity contribution in [1.29, 1.82) is 0 Å². The summed E-state index contributed by atoms with van der Waals surface area (Å²) in [5.74, 6) is -6.00. The molecule has 16 heteroatoms. The molecule has 1 aliphatic carbocycles. The topological polar surface area (TPSA) is 220 Å². The highest BCUT2D eigenvalue weighted by Crippen LogP contribution is 2.51.